The van der Waals surface area contributed by atoms with Gasteiger partial charge in [0.05, 0.1) is 29.8 Å². The summed E-state index contributed by atoms with van der Waals surface area (Å²) in [6.07, 6.45) is 0.212. The van der Waals surface area contributed by atoms with E-state index in [1.54, 1.807) is 0 Å². The van der Waals surface area contributed by atoms with Crippen molar-refractivity contribution < 1.29 is 4.79 Å². The molecule has 1 heterocycles. The summed E-state index contributed by atoms with van der Waals surface area (Å²) in [6, 6.07) is 18.4. The lowest BCUT2D eigenvalue weighted by Crippen LogP contribution is -2.38. The second-order valence-electron chi connectivity index (χ2n) is 5.80. The predicted molar refractivity (Wildman–Crippen MR) is 88.2 cm³/mol. The van der Waals surface area contributed by atoms with E-state index in [0.717, 1.165) is 11.1 Å². The zero-order chi connectivity index (χ0) is 16.2. The van der Waals surface area contributed by atoms with E-state index in [1.165, 1.54) is 5.01 Å². The first-order valence-corrected chi connectivity index (χ1v) is 7.71. The van der Waals surface area contributed by atoms with Crippen LogP contribution in [0.3, 0.4) is 0 Å². The molecule has 0 unspecified atom stereocenters. The van der Waals surface area contributed by atoms with Crippen molar-refractivity contribution in [1.29, 1.82) is 0 Å². The quantitative estimate of drug-likeness (QED) is 0.884. The average Bonchev–Trinajstić information content (AvgIpc) is 2.71. The van der Waals surface area contributed by atoms with E-state index in [-0.39, 0.29) is 30.5 Å². The third-order valence-electron chi connectivity index (χ3n) is 4.27. The molecule has 1 fully saturated rings. The van der Waals surface area contributed by atoms with Crippen LogP contribution in [0, 0.1) is 4.91 Å². The van der Waals surface area contributed by atoms with Gasteiger partial charge < -0.3 is 5.32 Å². The fourth-order valence-corrected chi connectivity index (χ4v) is 3.23. The maximum absolute atomic E-state index is 12.2. The molecule has 118 valence electrons. The average molecular weight is 309 g/mol. The second-order valence-corrected chi connectivity index (χ2v) is 5.80. The molecule has 1 N–H and O–H groups in total. The van der Waals surface area contributed by atoms with Gasteiger partial charge in [0, 0.05) is 0 Å². The van der Waals surface area contributed by atoms with Gasteiger partial charge in [-0.05, 0) is 18.1 Å². The van der Waals surface area contributed by atoms with Crippen LogP contribution in [-0.4, -0.2) is 17.0 Å². The van der Waals surface area contributed by atoms with Gasteiger partial charge in [0.1, 0.15) is 0 Å². The highest BCUT2D eigenvalue weighted by Gasteiger charge is 2.37. The molecular formula is C18H19N3O2. The van der Waals surface area contributed by atoms with Gasteiger partial charge in [0.2, 0.25) is 5.91 Å². The normalized spacial score (nSPS) is 24.7. The standard InChI is InChI=1S/C18H19N3O2/c1-13-18(15-10-6-3-7-11-15)21(20-23)16(12-17(22)19-13)14-8-4-2-5-9-14/h2-11,13,16,18H,12H2,1H3,(H,19,22)/t13-,16+,18+/m1/s1. The molecule has 5 nitrogen and oxygen atoms in total. The predicted octanol–water partition coefficient (Wildman–Crippen LogP) is 3.36. The molecule has 1 saturated heterocycles. The zero-order valence-electron chi connectivity index (χ0n) is 12.9. The van der Waals surface area contributed by atoms with E-state index in [0.29, 0.717) is 0 Å². The van der Waals surface area contributed by atoms with E-state index >= 15 is 0 Å². The summed E-state index contributed by atoms with van der Waals surface area (Å²) in [7, 11) is 0. The Morgan fingerprint density at radius 1 is 1.00 bits per heavy atom. The summed E-state index contributed by atoms with van der Waals surface area (Å²) < 4.78 is 0. The summed E-state index contributed by atoms with van der Waals surface area (Å²) in [4.78, 5) is 23.9. The first kappa shape index (κ1) is 15.2. The van der Waals surface area contributed by atoms with Crippen LogP contribution in [-0.2, 0) is 4.79 Å². The molecule has 0 spiro atoms. The second kappa shape index (κ2) is 6.60. The number of carbonyl (C=O) groups is 1. The van der Waals surface area contributed by atoms with Crippen molar-refractivity contribution in [3.05, 3.63) is 76.7 Å². The van der Waals surface area contributed by atoms with E-state index < -0.39 is 0 Å². The van der Waals surface area contributed by atoms with Crippen LogP contribution in [0.2, 0.25) is 0 Å². The van der Waals surface area contributed by atoms with E-state index in [9.17, 15) is 9.70 Å². The Morgan fingerprint density at radius 2 is 1.57 bits per heavy atom. The number of hydrogen-bond acceptors (Lipinski definition) is 3. The Kier molecular flexibility index (Phi) is 4.37. The number of nitrogens with one attached hydrogen (secondary N) is 1. The van der Waals surface area contributed by atoms with Gasteiger partial charge in [0.25, 0.3) is 0 Å². The molecule has 0 radical (unpaired) electrons. The summed E-state index contributed by atoms with van der Waals surface area (Å²) in [6.45, 7) is 1.90. The number of benzene rings is 2. The highest BCUT2D eigenvalue weighted by molar-refractivity contribution is 5.77. The van der Waals surface area contributed by atoms with E-state index in [2.05, 4.69) is 10.6 Å². The fourth-order valence-electron chi connectivity index (χ4n) is 3.23. The molecule has 2 aromatic rings. The molecule has 23 heavy (non-hydrogen) atoms. The van der Waals surface area contributed by atoms with Crippen molar-refractivity contribution in [2.75, 3.05) is 0 Å². The first-order chi connectivity index (χ1) is 11.2. The lowest BCUT2D eigenvalue weighted by Gasteiger charge is -2.33. The van der Waals surface area contributed by atoms with Gasteiger partial charge in [0.15, 0.2) is 0 Å². The van der Waals surface area contributed by atoms with Gasteiger partial charge in [-0.3, -0.25) is 4.79 Å². The zero-order valence-corrected chi connectivity index (χ0v) is 12.9. The van der Waals surface area contributed by atoms with Crippen LogP contribution in [0.25, 0.3) is 0 Å². The maximum Gasteiger partial charge on any atom is 0.222 e. The number of rotatable bonds is 3. The molecule has 1 aliphatic rings. The van der Waals surface area contributed by atoms with Gasteiger partial charge in [-0.1, -0.05) is 60.7 Å². The third kappa shape index (κ3) is 3.08. The van der Waals surface area contributed by atoms with Crippen LogP contribution in [0.1, 0.15) is 36.6 Å². The minimum Gasteiger partial charge on any atom is -0.351 e. The maximum atomic E-state index is 12.2. The molecule has 5 heteroatoms. The molecule has 3 rings (SSSR count). The third-order valence-corrected chi connectivity index (χ3v) is 4.27. The fraction of sp³-hybridized carbons (Fsp3) is 0.278. The molecule has 1 aliphatic heterocycles. The Bertz CT molecular complexity index is 675. The molecule has 1 amide bonds. The van der Waals surface area contributed by atoms with E-state index in [4.69, 9.17) is 0 Å². The molecule has 0 bridgehead atoms. The molecule has 3 atom stereocenters. The number of nitrogens with zero attached hydrogens (tertiary/aromatic N) is 2. The Balaban J connectivity index is 2.06. The van der Waals surface area contributed by atoms with Crippen LogP contribution in [0.15, 0.2) is 65.9 Å². The SMILES string of the molecule is C[C@H]1NC(=O)C[C@@H](c2ccccc2)N(N=O)[C@@H]1c1ccccc1. The van der Waals surface area contributed by atoms with Gasteiger partial charge in [-0.15, -0.1) is 4.91 Å². The number of carbonyl (C=O) groups excluding carboxylic acids is 1. The molecule has 0 aromatic heterocycles. The van der Waals surface area contributed by atoms with Crippen molar-refractivity contribution in [2.45, 2.75) is 31.5 Å². The molecule has 0 aliphatic carbocycles. The van der Waals surface area contributed by atoms with Gasteiger partial charge in [-0.2, -0.15) is 0 Å². The monoisotopic (exact) mass is 309 g/mol. The summed E-state index contributed by atoms with van der Waals surface area (Å²) in [5.41, 5.74) is 1.88. The van der Waals surface area contributed by atoms with Crippen molar-refractivity contribution in [3.8, 4) is 0 Å². The van der Waals surface area contributed by atoms with Crippen molar-refractivity contribution in [3.63, 3.8) is 0 Å². The van der Waals surface area contributed by atoms with Crippen molar-refractivity contribution in [1.82, 2.24) is 10.3 Å². The van der Waals surface area contributed by atoms with Crippen LogP contribution in [0.4, 0.5) is 0 Å². The van der Waals surface area contributed by atoms with Gasteiger partial charge in [-0.25, -0.2) is 5.01 Å². The van der Waals surface area contributed by atoms with E-state index in [1.807, 2.05) is 67.6 Å². The van der Waals surface area contributed by atoms with Crippen LogP contribution in [0.5, 0.6) is 0 Å². The minimum absolute atomic E-state index is 0.0709. The Labute approximate surface area is 135 Å². The smallest absolute Gasteiger partial charge is 0.222 e. The molecular weight excluding hydrogens is 290 g/mol. The van der Waals surface area contributed by atoms with Crippen LogP contribution >= 0.6 is 0 Å². The van der Waals surface area contributed by atoms with Crippen molar-refractivity contribution >= 4 is 5.91 Å². The Hall–Kier alpha value is -2.69. The lowest BCUT2D eigenvalue weighted by atomic mass is 9.97. The largest absolute Gasteiger partial charge is 0.351 e. The summed E-state index contributed by atoms with van der Waals surface area (Å²) >= 11 is 0. The minimum atomic E-state index is -0.371. The number of nitroso groups, excluding NO2 is 1. The van der Waals surface area contributed by atoms with Crippen molar-refractivity contribution in [2.24, 2.45) is 5.29 Å². The summed E-state index contributed by atoms with van der Waals surface area (Å²) in [5, 5.41) is 7.80. The number of hydrogen-bond donors (Lipinski definition) is 1. The first-order valence-electron chi connectivity index (χ1n) is 7.71. The Morgan fingerprint density at radius 3 is 2.13 bits per heavy atom. The highest BCUT2D eigenvalue weighted by atomic mass is 16.3. The van der Waals surface area contributed by atoms with Crippen LogP contribution < -0.4 is 5.32 Å². The number of amides is 1. The lowest BCUT2D eigenvalue weighted by molar-refractivity contribution is -0.121. The van der Waals surface area contributed by atoms with Gasteiger partial charge >= 0.3 is 0 Å². The summed E-state index contributed by atoms with van der Waals surface area (Å²) in [5.74, 6) is -0.0709. The highest BCUT2D eigenvalue weighted by Crippen LogP contribution is 2.37. The topological polar surface area (TPSA) is 61.8 Å². The molecule has 2 aromatic carbocycles. The molecule has 0 saturated carbocycles.